The van der Waals surface area contributed by atoms with Crippen molar-refractivity contribution < 1.29 is 4.79 Å². The zero-order valence-corrected chi connectivity index (χ0v) is 6.34. The highest BCUT2D eigenvalue weighted by Gasteiger charge is 2.37. The van der Waals surface area contributed by atoms with Crippen LogP contribution in [0.25, 0.3) is 0 Å². The van der Waals surface area contributed by atoms with E-state index in [2.05, 4.69) is 24.0 Å². The summed E-state index contributed by atoms with van der Waals surface area (Å²) in [5.41, 5.74) is 0.907. The fourth-order valence-electron chi connectivity index (χ4n) is 1.83. The first-order valence-corrected chi connectivity index (χ1v) is 3.93. The zero-order chi connectivity index (χ0) is 7.84. The van der Waals surface area contributed by atoms with Crippen LogP contribution in [-0.4, -0.2) is 5.91 Å². The fraction of sp³-hybridized carbons (Fsp3) is 0.444. The molecule has 0 aromatic carbocycles. The maximum Gasteiger partial charge on any atom is 0.228 e. The summed E-state index contributed by atoms with van der Waals surface area (Å²) in [6.45, 7) is 3.82. The molecule has 2 aliphatic rings. The van der Waals surface area contributed by atoms with Gasteiger partial charge < -0.3 is 5.32 Å². The summed E-state index contributed by atoms with van der Waals surface area (Å²) in [6, 6.07) is 0. The average molecular weight is 149 g/mol. The number of fused-ring (bicyclic) bond motifs is 1. The van der Waals surface area contributed by atoms with Crippen LogP contribution >= 0.6 is 0 Å². The smallest absolute Gasteiger partial charge is 0.228 e. The zero-order valence-electron chi connectivity index (χ0n) is 6.34. The highest BCUT2D eigenvalue weighted by molar-refractivity contribution is 5.84. The molecule has 2 heteroatoms. The minimum atomic E-state index is 0.157. The Bertz CT molecular complexity index is 218. The lowest BCUT2D eigenvalue weighted by Crippen LogP contribution is -2.19. The summed E-state index contributed by atoms with van der Waals surface area (Å²) < 4.78 is 0. The third-order valence-electron chi connectivity index (χ3n) is 2.50. The average Bonchev–Trinajstić information content (AvgIpc) is 2.30. The van der Waals surface area contributed by atoms with Gasteiger partial charge >= 0.3 is 0 Å². The molecule has 2 rings (SSSR count). The number of amides is 1. The molecule has 11 heavy (non-hydrogen) atoms. The Balaban J connectivity index is 2.28. The Hall–Kier alpha value is -1.05. The third-order valence-corrected chi connectivity index (χ3v) is 2.50. The largest absolute Gasteiger partial charge is 0.330 e. The van der Waals surface area contributed by atoms with Crippen molar-refractivity contribution in [1.29, 1.82) is 0 Å². The second kappa shape index (κ2) is 2.22. The van der Waals surface area contributed by atoms with Crippen LogP contribution in [0.2, 0.25) is 0 Å². The number of nitrogens with one attached hydrogen (secondary N) is 1. The van der Waals surface area contributed by atoms with E-state index in [0.717, 1.165) is 18.5 Å². The van der Waals surface area contributed by atoms with E-state index < -0.39 is 0 Å². The van der Waals surface area contributed by atoms with Gasteiger partial charge in [0.15, 0.2) is 0 Å². The summed E-state index contributed by atoms with van der Waals surface area (Å²) in [5, 5.41) is 2.79. The highest BCUT2D eigenvalue weighted by atomic mass is 16.2. The molecule has 0 aromatic heterocycles. The molecule has 2 unspecified atom stereocenters. The molecule has 58 valence electrons. The summed E-state index contributed by atoms with van der Waals surface area (Å²) in [7, 11) is 0. The van der Waals surface area contributed by atoms with E-state index in [1.807, 2.05) is 0 Å². The molecule has 1 N–H and O–H groups in total. The Kier molecular flexibility index (Phi) is 1.34. The van der Waals surface area contributed by atoms with Crippen molar-refractivity contribution in [1.82, 2.24) is 5.32 Å². The van der Waals surface area contributed by atoms with Crippen LogP contribution in [0.5, 0.6) is 0 Å². The van der Waals surface area contributed by atoms with Gasteiger partial charge in [-0.15, -0.1) is 0 Å². The lowest BCUT2D eigenvalue weighted by atomic mass is 9.84. The lowest BCUT2D eigenvalue weighted by Gasteiger charge is -2.17. The van der Waals surface area contributed by atoms with E-state index in [0.29, 0.717) is 5.92 Å². The van der Waals surface area contributed by atoms with Gasteiger partial charge in [0.05, 0.1) is 5.92 Å². The van der Waals surface area contributed by atoms with E-state index in [1.165, 1.54) is 0 Å². The van der Waals surface area contributed by atoms with Crippen LogP contribution in [0.15, 0.2) is 24.4 Å². The van der Waals surface area contributed by atoms with Gasteiger partial charge in [0.1, 0.15) is 0 Å². The van der Waals surface area contributed by atoms with Crippen molar-refractivity contribution in [3.8, 4) is 0 Å². The predicted octanol–water partition coefficient (Wildman–Crippen LogP) is 1.21. The first-order chi connectivity index (χ1) is 5.29. The molecule has 0 radical (unpaired) electrons. The molecule has 1 heterocycles. The Labute approximate surface area is 66.0 Å². The molecular formula is C9H11NO. The van der Waals surface area contributed by atoms with Crippen LogP contribution in [0.1, 0.15) is 12.8 Å². The van der Waals surface area contributed by atoms with E-state index in [-0.39, 0.29) is 11.8 Å². The van der Waals surface area contributed by atoms with Crippen molar-refractivity contribution in [3.63, 3.8) is 0 Å². The molecular weight excluding hydrogens is 138 g/mol. The quantitative estimate of drug-likeness (QED) is 0.515. The highest BCUT2D eigenvalue weighted by Crippen LogP contribution is 2.34. The van der Waals surface area contributed by atoms with E-state index in [4.69, 9.17) is 0 Å². The fourth-order valence-corrected chi connectivity index (χ4v) is 1.83. The van der Waals surface area contributed by atoms with E-state index >= 15 is 0 Å². The van der Waals surface area contributed by atoms with Gasteiger partial charge in [-0.2, -0.15) is 0 Å². The molecule has 1 amide bonds. The molecule has 0 aromatic rings. The molecule has 0 spiro atoms. The maximum atomic E-state index is 11.2. The molecule has 1 aliphatic carbocycles. The minimum Gasteiger partial charge on any atom is -0.330 e. The van der Waals surface area contributed by atoms with Gasteiger partial charge in [0, 0.05) is 11.6 Å². The molecule has 2 nitrogen and oxygen atoms in total. The van der Waals surface area contributed by atoms with E-state index in [1.54, 1.807) is 0 Å². The number of carbonyl (C=O) groups excluding carboxylic acids is 1. The maximum absolute atomic E-state index is 11.2. The van der Waals surface area contributed by atoms with Crippen molar-refractivity contribution >= 4 is 5.91 Å². The Morgan fingerprint density at radius 1 is 1.36 bits per heavy atom. The predicted molar refractivity (Wildman–Crippen MR) is 42.6 cm³/mol. The second-order valence-electron chi connectivity index (χ2n) is 3.17. The van der Waals surface area contributed by atoms with E-state index in [9.17, 15) is 4.79 Å². The molecule has 2 atom stereocenters. The summed E-state index contributed by atoms with van der Waals surface area (Å²) in [6.07, 6.45) is 6.07. The minimum absolute atomic E-state index is 0.157. The molecule has 1 saturated heterocycles. The number of hydrogen-bond acceptors (Lipinski definition) is 1. The van der Waals surface area contributed by atoms with Gasteiger partial charge in [0.25, 0.3) is 0 Å². The van der Waals surface area contributed by atoms with Crippen LogP contribution in [0.4, 0.5) is 0 Å². The number of carbonyl (C=O) groups is 1. The van der Waals surface area contributed by atoms with Crippen molar-refractivity contribution in [2.45, 2.75) is 12.8 Å². The van der Waals surface area contributed by atoms with Crippen molar-refractivity contribution in [3.05, 3.63) is 24.4 Å². The molecule has 1 fully saturated rings. The standard InChI is InChI=1S/C9H11NO/c1-6-7-4-2-3-5-8(7)9(11)10-6/h2-3,7-8H,1,4-5H2,(H,10,11). The van der Waals surface area contributed by atoms with Gasteiger partial charge in [0.2, 0.25) is 5.91 Å². The number of hydrogen-bond donors (Lipinski definition) is 1. The molecule has 1 aliphatic heterocycles. The van der Waals surface area contributed by atoms with Gasteiger partial charge in [-0.25, -0.2) is 0 Å². The number of allylic oxidation sites excluding steroid dienone is 3. The summed E-state index contributed by atoms with van der Waals surface area (Å²) in [4.78, 5) is 11.2. The van der Waals surface area contributed by atoms with Crippen molar-refractivity contribution in [2.75, 3.05) is 0 Å². The second-order valence-corrected chi connectivity index (χ2v) is 3.17. The van der Waals surface area contributed by atoms with Crippen molar-refractivity contribution in [2.24, 2.45) is 11.8 Å². The van der Waals surface area contributed by atoms with Gasteiger partial charge in [-0.3, -0.25) is 4.79 Å². The first-order valence-electron chi connectivity index (χ1n) is 3.93. The monoisotopic (exact) mass is 149 g/mol. The molecule has 0 saturated carbocycles. The normalized spacial score (nSPS) is 35.3. The Morgan fingerprint density at radius 3 is 2.64 bits per heavy atom. The van der Waals surface area contributed by atoms with Gasteiger partial charge in [-0.1, -0.05) is 18.7 Å². The van der Waals surface area contributed by atoms with Crippen LogP contribution < -0.4 is 5.32 Å². The SMILES string of the molecule is C=C1NC(=O)C2CC=CCC12. The molecule has 0 bridgehead atoms. The topological polar surface area (TPSA) is 29.1 Å². The first kappa shape index (κ1) is 6.65. The van der Waals surface area contributed by atoms with Crippen LogP contribution in [-0.2, 0) is 4.79 Å². The summed E-state index contributed by atoms with van der Waals surface area (Å²) in [5.74, 6) is 0.698. The lowest BCUT2D eigenvalue weighted by molar-refractivity contribution is -0.122. The number of rotatable bonds is 0. The summed E-state index contributed by atoms with van der Waals surface area (Å²) >= 11 is 0. The van der Waals surface area contributed by atoms with Crippen LogP contribution in [0, 0.1) is 11.8 Å². The van der Waals surface area contributed by atoms with Gasteiger partial charge in [-0.05, 0) is 12.8 Å². The Morgan fingerprint density at radius 2 is 2.00 bits per heavy atom. The van der Waals surface area contributed by atoms with Crippen LogP contribution in [0.3, 0.4) is 0 Å². The third kappa shape index (κ3) is 0.897.